The first kappa shape index (κ1) is 26.6. The van der Waals surface area contributed by atoms with Crippen molar-refractivity contribution >= 4 is 0 Å². The van der Waals surface area contributed by atoms with Crippen molar-refractivity contribution in [1.82, 2.24) is 19.7 Å². The number of hydrogen-bond acceptors (Lipinski definition) is 5. The Balaban J connectivity index is 1.31. The van der Waals surface area contributed by atoms with Crippen LogP contribution in [0.15, 0.2) is 42.7 Å². The third-order valence-corrected chi connectivity index (χ3v) is 9.52. The zero-order chi connectivity index (χ0) is 26.2. The second-order valence-corrected chi connectivity index (χ2v) is 13.2. The SMILES string of the molecule is COc1ccc(CN2CCN(C3CC4(CCN(C(C)(C)C)CC4)C3)C(c3ccncc3C(C)C)C2)cc1. The Labute approximate surface area is 225 Å². The van der Waals surface area contributed by atoms with Crippen molar-refractivity contribution in [2.24, 2.45) is 5.41 Å². The number of ether oxygens (including phenoxy) is 1. The Kier molecular flexibility index (Phi) is 7.68. The molecule has 0 N–H and O–H groups in total. The number of aromatic nitrogens is 1. The molecule has 5 heteroatoms. The summed E-state index contributed by atoms with van der Waals surface area (Å²) < 4.78 is 5.37. The molecule has 37 heavy (non-hydrogen) atoms. The van der Waals surface area contributed by atoms with Gasteiger partial charge in [0.1, 0.15) is 5.75 Å². The van der Waals surface area contributed by atoms with Crippen LogP contribution in [0.4, 0.5) is 0 Å². The minimum Gasteiger partial charge on any atom is -0.497 e. The third kappa shape index (κ3) is 5.74. The maximum Gasteiger partial charge on any atom is 0.118 e. The van der Waals surface area contributed by atoms with Gasteiger partial charge in [0.25, 0.3) is 0 Å². The summed E-state index contributed by atoms with van der Waals surface area (Å²) in [4.78, 5) is 12.7. The molecule has 0 amide bonds. The highest BCUT2D eigenvalue weighted by Crippen LogP contribution is 2.53. The molecule has 1 aromatic carbocycles. The van der Waals surface area contributed by atoms with E-state index in [0.29, 0.717) is 29.0 Å². The molecule has 3 aliphatic rings. The normalized spacial score (nSPS) is 23.9. The van der Waals surface area contributed by atoms with E-state index in [2.05, 4.69) is 90.8 Å². The Morgan fingerprint density at radius 3 is 2.32 bits per heavy atom. The van der Waals surface area contributed by atoms with E-state index in [-0.39, 0.29) is 0 Å². The van der Waals surface area contributed by atoms with Gasteiger partial charge >= 0.3 is 0 Å². The molecule has 1 aliphatic carbocycles. The van der Waals surface area contributed by atoms with Crippen molar-refractivity contribution in [1.29, 1.82) is 0 Å². The maximum atomic E-state index is 5.37. The lowest BCUT2D eigenvalue weighted by molar-refractivity contribution is -0.0859. The topological polar surface area (TPSA) is 31.8 Å². The van der Waals surface area contributed by atoms with Crippen molar-refractivity contribution in [3.05, 3.63) is 59.4 Å². The van der Waals surface area contributed by atoms with Crippen molar-refractivity contribution < 1.29 is 4.74 Å². The largest absolute Gasteiger partial charge is 0.497 e. The van der Waals surface area contributed by atoms with Crippen LogP contribution in [0.5, 0.6) is 5.75 Å². The average molecular weight is 505 g/mol. The number of rotatable bonds is 6. The molecule has 0 radical (unpaired) electrons. The fraction of sp³-hybridized carbons (Fsp3) is 0.656. The summed E-state index contributed by atoms with van der Waals surface area (Å²) in [5.74, 6) is 1.41. The highest BCUT2D eigenvalue weighted by molar-refractivity contribution is 5.31. The first-order valence-corrected chi connectivity index (χ1v) is 14.5. The van der Waals surface area contributed by atoms with Gasteiger partial charge in [0.05, 0.1) is 7.11 Å². The second-order valence-electron chi connectivity index (χ2n) is 13.2. The fourth-order valence-electron chi connectivity index (χ4n) is 7.14. The highest BCUT2D eigenvalue weighted by atomic mass is 16.5. The van der Waals surface area contributed by atoms with Crippen LogP contribution in [0.2, 0.25) is 0 Å². The lowest BCUT2D eigenvalue weighted by Crippen LogP contribution is -2.60. The number of pyridine rings is 1. The van der Waals surface area contributed by atoms with Crippen LogP contribution in [0.25, 0.3) is 0 Å². The Bertz CT molecular complexity index is 1030. The standard InChI is InChI=1S/C32H48N4O/c1-24(2)29-21-33-14-11-28(29)30-23-34(22-25-7-9-27(37-6)10-8-25)17-18-36(30)26-19-32(20-26)12-15-35(16-13-32)31(3,4)5/h7-11,14,21,24,26,30H,12-13,15-20,22-23H2,1-6H3. The van der Waals surface area contributed by atoms with Crippen LogP contribution in [0.1, 0.15) is 89.0 Å². The molecule has 5 nitrogen and oxygen atoms in total. The van der Waals surface area contributed by atoms with Gasteiger partial charge in [-0.05, 0) is 106 Å². The number of piperazine rings is 1. The third-order valence-electron chi connectivity index (χ3n) is 9.52. The molecule has 1 unspecified atom stereocenters. The molecule has 202 valence electrons. The van der Waals surface area contributed by atoms with E-state index in [1.165, 1.54) is 55.5 Å². The van der Waals surface area contributed by atoms with Gasteiger partial charge in [-0.2, -0.15) is 0 Å². The molecule has 2 aliphatic heterocycles. The monoisotopic (exact) mass is 504 g/mol. The van der Waals surface area contributed by atoms with E-state index in [9.17, 15) is 0 Å². The molecule has 2 aromatic rings. The van der Waals surface area contributed by atoms with Crippen molar-refractivity contribution in [2.45, 2.75) is 90.4 Å². The van der Waals surface area contributed by atoms with Gasteiger partial charge < -0.3 is 4.74 Å². The molecule has 1 spiro atoms. The van der Waals surface area contributed by atoms with Crippen molar-refractivity contribution in [3.8, 4) is 5.75 Å². The number of likely N-dealkylation sites (tertiary alicyclic amines) is 1. The van der Waals surface area contributed by atoms with Crippen LogP contribution < -0.4 is 4.74 Å². The summed E-state index contributed by atoms with van der Waals surface area (Å²) in [5.41, 5.74) is 5.14. The quantitative estimate of drug-likeness (QED) is 0.473. The van der Waals surface area contributed by atoms with Gasteiger partial charge in [-0.1, -0.05) is 26.0 Å². The predicted molar refractivity (Wildman–Crippen MR) is 152 cm³/mol. The Morgan fingerprint density at radius 2 is 1.70 bits per heavy atom. The zero-order valence-corrected chi connectivity index (χ0v) is 24.0. The molecule has 0 bridgehead atoms. The summed E-state index contributed by atoms with van der Waals surface area (Å²) in [7, 11) is 1.73. The second kappa shape index (κ2) is 10.7. The molecule has 1 saturated carbocycles. The summed E-state index contributed by atoms with van der Waals surface area (Å²) in [6.07, 6.45) is 9.62. The molecule has 1 aromatic heterocycles. The lowest BCUT2D eigenvalue weighted by Gasteiger charge is -2.59. The van der Waals surface area contributed by atoms with Crippen LogP contribution >= 0.6 is 0 Å². The minimum atomic E-state index is 0.296. The van der Waals surface area contributed by atoms with Crippen molar-refractivity contribution in [2.75, 3.05) is 39.8 Å². The summed E-state index contributed by atoms with van der Waals surface area (Å²) in [6.45, 7) is 18.6. The summed E-state index contributed by atoms with van der Waals surface area (Å²) >= 11 is 0. The number of hydrogen-bond donors (Lipinski definition) is 0. The smallest absolute Gasteiger partial charge is 0.118 e. The molecule has 3 fully saturated rings. The van der Waals surface area contributed by atoms with E-state index in [0.717, 1.165) is 31.9 Å². The van der Waals surface area contributed by atoms with Gasteiger partial charge in [0.2, 0.25) is 0 Å². The number of methoxy groups -OCH3 is 1. The van der Waals surface area contributed by atoms with Crippen LogP contribution in [-0.2, 0) is 6.54 Å². The van der Waals surface area contributed by atoms with Gasteiger partial charge in [0.15, 0.2) is 0 Å². The fourth-order valence-corrected chi connectivity index (χ4v) is 7.14. The van der Waals surface area contributed by atoms with Gasteiger partial charge in [-0.25, -0.2) is 0 Å². The summed E-state index contributed by atoms with van der Waals surface area (Å²) in [6, 6.07) is 12.0. The Morgan fingerprint density at radius 1 is 1.00 bits per heavy atom. The van der Waals surface area contributed by atoms with E-state index in [1.807, 2.05) is 6.20 Å². The first-order valence-electron chi connectivity index (χ1n) is 14.5. The maximum absolute atomic E-state index is 5.37. The van der Waals surface area contributed by atoms with Crippen molar-refractivity contribution in [3.63, 3.8) is 0 Å². The molecule has 1 atom stereocenters. The van der Waals surface area contributed by atoms with E-state index < -0.39 is 0 Å². The number of nitrogens with zero attached hydrogens (tertiary/aromatic N) is 4. The van der Waals surface area contributed by atoms with E-state index >= 15 is 0 Å². The van der Waals surface area contributed by atoms with Gasteiger partial charge in [-0.3, -0.25) is 19.7 Å². The van der Waals surface area contributed by atoms with E-state index in [4.69, 9.17) is 4.74 Å². The van der Waals surface area contributed by atoms with Crippen LogP contribution in [0.3, 0.4) is 0 Å². The molecular weight excluding hydrogens is 456 g/mol. The van der Waals surface area contributed by atoms with Gasteiger partial charge in [-0.15, -0.1) is 0 Å². The lowest BCUT2D eigenvalue weighted by atomic mass is 9.59. The average Bonchev–Trinajstić information content (AvgIpc) is 2.87. The minimum absolute atomic E-state index is 0.296. The number of benzene rings is 1. The zero-order valence-electron chi connectivity index (χ0n) is 24.0. The Hall–Kier alpha value is -1.95. The summed E-state index contributed by atoms with van der Waals surface area (Å²) in [5, 5.41) is 0. The van der Waals surface area contributed by atoms with Crippen LogP contribution in [0, 0.1) is 5.41 Å². The molecule has 2 saturated heterocycles. The van der Waals surface area contributed by atoms with E-state index in [1.54, 1.807) is 7.11 Å². The first-order chi connectivity index (χ1) is 17.7. The molecular formula is C32H48N4O. The number of piperidine rings is 1. The molecule has 5 rings (SSSR count). The predicted octanol–water partition coefficient (Wildman–Crippen LogP) is 6.12. The molecule has 3 heterocycles. The van der Waals surface area contributed by atoms with Gasteiger partial charge in [0, 0.05) is 56.2 Å². The van der Waals surface area contributed by atoms with Crippen LogP contribution in [-0.4, -0.2) is 71.1 Å². The highest BCUT2D eigenvalue weighted by Gasteiger charge is 2.50.